The van der Waals surface area contributed by atoms with Gasteiger partial charge >= 0.3 is 0 Å². The van der Waals surface area contributed by atoms with E-state index in [4.69, 9.17) is 0 Å². The number of aromatic nitrogens is 4. The largest absolute Gasteiger partial charge is 0.341 e. The third kappa shape index (κ3) is 3.48. The fourth-order valence-corrected chi connectivity index (χ4v) is 4.65. The topological polar surface area (TPSA) is 98.1 Å². The van der Waals surface area contributed by atoms with E-state index in [1.165, 1.54) is 16.7 Å². The van der Waals surface area contributed by atoms with Gasteiger partial charge in [0.2, 0.25) is 11.1 Å². The molecule has 1 amide bonds. The monoisotopic (exact) mass is 319 g/mol. The molecule has 1 aliphatic rings. The van der Waals surface area contributed by atoms with E-state index in [9.17, 15) is 13.2 Å². The Morgan fingerprint density at radius 2 is 2.30 bits per heavy atom. The average molecular weight is 319 g/mol. The van der Waals surface area contributed by atoms with Crippen molar-refractivity contribution in [1.82, 2.24) is 25.1 Å². The van der Waals surface area contributed by atoms with Gasteiger partial charge in [0.25, 0.3) is 0 Å². The molecule has 1 fully saturated rings. The van der Waals surface area contributed by atoms with Crippen LogP contribution in [0.15, 0.2) is 5.16 Å². The summed E-state index contributed by atoms with van der Waals surface area (Å²) in [5, 5.41) is 11.8. The second kappa shape index (κ2) is 6.08. The molecule has 2 heterocycles. The molecule has 0 radical (unpaired) electrons. The summed E-state index contributed by atoms with van der Waals surface area (Å²) >= 11 is 1.26. The van der Waals surface area contributed by atoms with E-state index in [0.717, 1.165) is 0 Å². The van der Waals surface area contributed by atoms with Crippen LogP contribution in [-0.2, 0) is 21.2 Å². The van der Waals surface area contributed by atoms with Crippen molar-refractivity contribution < 1.29 is 13.2 Å². The van der Waals surface area contributed by atoms with E-state index < -0.39 is 9.84 Å². The smallest absolute Gasteiger partial charge is 0.233 e. The van der Waals surface area contributed by atoms with Gasteiger partial charge in [0.15, 0.2) is 9.84 Å². The molecule has 0 spiro atoms. The average Bonchev–Trinajstić information content (AvgIpc) is 3.00. The highest BCUT2D eigenvalue weighted by Crippen LogP contribution is 2.19. The molecule has 1 saturated heterocycles. The van der Waals surface area contributed by atoms with E-state index >= 15 is 0 Å². The van der Waals surface area contributed by atoms with E-state index in [1.54, 1.807) is 11.7 Å². The number of rotatable bonds is 5. The van der Waals surface area contributed by atoms with Crippen LogP contribution in [0.2, 0.25) is 0 Å². The van der Waals surface area contributed by atoms with Crippen molar-refractivity contribution in [3.63, 3.8) is 0 Å². The molecular formula is C10H17N5O3S2. The van der Waals surface area contributed by atoms with E-state index in [-0.39, 0.29) is 29.2 Å². The molecule has 112 valence electrons. The summed E-state index contributed by atoms with van der Waals surface area (Å²) in [4.78, 5) is 13.6. The molecule has 0 aromatic carbocycles. The molecule has 0 N–H and O–H groups in total. The number of aryl methyl sites for hydroxylation is 1. The van der Waals surface area contributed by atoms with Crippen LogP contribution in [0.3, 0.4) is 0 Å². The number of thioether (sulfide) groups is 1. The fourth-order valence-electron chi connectivity index (χ4n) is 2.01. The van der Waals surface area contributed by atoms with Gasteiger partial charge in [0, 0.05) is 19.6 Å². The third-order valence-electron chi connectivity index (χ3n) is 3.27. The molecule has 20 heavy (non-hydrogen) atoms. The Kier molecular flexibility index (Phi) is 4.63. The number of carbonyl (C=O) groups is 1. The fraction of sp³-hybridized carbons (Fsp3) is 0.800. The van der Waals surface area contributed by atoms with E-state index in [0.29, 0.717) is 18.1 Å². The van der Waals surface area contributed by atoms with Crippen LogP contribution in [0, 0.1) is 0 Å². The summed E-state index contributed by atoms with van der Waals surface area (Å²) in [5.41, 5.74) is 0. The summed E-state index contributed by atoms with van der Waals surface area (Å²) < 4.78 is 24.5. The molecule has 1 atom stereocenters. The zero-order chi connectivity index (χ0) is 14.8. The minimum Gasteiger partial charge on any atom is -0.341 e. The lowest BCUT2D eigenvalue weighted by Crippen LogP contribution is -2.38. The Bertz CT molecular complexity index is 585. The summed E-state index contributed by atoms with van der Waals surface area (Å²) in [6.45, 7) is 2.55. The van der Waals surface area contributed by atoms with E-state index in [2.05, 4.69) is 15.5 Å². The van der Waals surface area contributed by atoms with Crippen molar-refractivity contribution in [1.29, 1.82) is 0 Å². The molecule has 8 nitrogen and oxygen atoms in total. The molecule has 0 aliphatic carbocycles. The van der Waals surface area contributed by atoms with Gasteiger partial charge in [-0.15, -0.1) is 5.10 Å². The number of amides is 1. The van der Waals surface area contributed by atoms with Crippen LogP contribution >= 0.6 is 11.8 Å². The second-order valence-corrected chi connectivity index (χ2v) is 7.80. The van der Waals surface area contributed by atoms with Crippen LogP contribution in [0.25, 0.3) is 0 Å². The molecule has 0 unspecified atom stereocenters. The summed E-state index contributed by atoms with van der Waals surface area (Å²) in [5.74, 6) is 0.319. The maximum absolute atomic E-state index is 12.1. The lowest BCUT2D eigenvalue weighted by molar-refractivity contribution is -0.128. The maximum atomic E-state index is 12.1. The number of sulfone groups is 1. The number of tetrazole rings is 1. The lowest BCUT2D eigenvalue weighted by atomic mass is 10.2. The van der Waals surface area contributed by atoms with Gasteiger partial charge in [-0.05, 0) is 23.8 Å². The van der Waals surface area contributed by atoms with E-state index in [1.807, 2.05) is 6.92 Å². The Labute approximate surface area is 121 Å². The number of hydrogen-bond donors (Lipinski definition) is 0. The van der Waals surface area contributed by atoms with Gasteiger partial charge in [0.05, 0.1) is 17.3 Å². The van der Waals surface area contributed by atoms with Crippen LogP contribution in [0.5, 0.6) is 0 Å². The van der Waals surface area contributed by atoms with Gasteiger partial charge < -0.3 is 4.90 Å². The SMILES string of the molecule is CCn1nnnc1SCC(=O)N(C)[C@@H]1CCS(=O)(=O)C1. The molecular weight excluding hydrogens is 302 g/mol. The highest BCUT2D eigenvalue weighted by atomic mass is 32.2. The van der Waals surface area contributed by atoms with Crippen molar-refractivity contribution >= 4 is 27.5 Å². The molecule has 1 aromatic rings. The van der Waals surface area contributed by atoms with Gasteiger partial charge in [-0.3, -0.25) is 4.79 Å². The van der Waals surface area contributed by atoms with Crippen LogP contribution < -0.4 is 0 Å². The first-order valence-corrected chi connectivity index (χ1v) is 9.08. The minimum atomic E-state index is -2.98. The number of carbonyl (C=O) groups excluding carboxylic acids is 1. The molecule has 0 saturated carbocycles. The lowest BCUT2D eigenvalue weighted by Gasteiger charge is -2.23. The van der Waals surface area contributed by atoms with Crippen molar-refractivity contribution in [3.05, 3.63) is 0 Å². The highest BCUT2D eigenvalue weighted by molar-refractivity contribution is 7.99. The normalized spacial score (nSPS) is 21.0. The van der Waals surface area contributed by atoms with Crippen LogP contribution in [0.1, 0.15) is 13.3 Å². The number of nitrogens with zero attached hydrogens (tertiary/aromatic N) is 5. The van der Waals surface area contributed by atoms with Crippen LogP contribution in [-0.4, -0.2) is 69.8 Å². The Morgan fingerprint density at radius 1 is 1.55 bits per heavy atom. The highest BCUT2D eigenvalue weighted by Gasteiger charge is 2.32. The maximum Gasteiger partial charge on any atom is 0.233 e. The third-order valence-corrected chi connectivity index (χ3v) is 5.97. The molecule has 1 aliphatic heterocycles. The summed E-state index contributed by atoms with van der Waals surface area (Å²) in [6, 6.07) is -0.213. The Hall–Kier alpha value is -1.16. The Morgan fingerprint density at radius 3 is 2.90 bits per heavy atom. The zero-order valence-electron chi connectivity index (χ0n) is 11.4. The van der Waals surface area contributed by atoms with Gasteiger partial charge in [-0.25, -0.2) is 13.1 Å². The van der Waals surface area contributed by atoms with Crippen molar-refractivity contribution in [2.24, 2.45) is 0 Å². The van der Waals surface area contributed by atoms with Crippen molar-refractivity contribution in [2.75, 3.05) is 24.3 Å². The predicted molar refractivity (Wildman–Crippen MR) is 74.0 cm³/mol. The number of hydrogen-bond acceptors (Lipinski definition) is 7. The molecule has 10 heteroatoms. The Balaban J connectivity index is 1.89. The first kappa shape index (κ1) is 15.2. The minimum absolute atomic E-state index is 0.0621. The van der Waals surface area contributed by atoms with Crippen molar-refractivity contribution in [3.8, 4) is 0 Å². The first-order chi connectivity index (χ1) is 9.43. The quantitative estimate of drug-likeness (QED) is 0.670. The molecule has 2 rings (SSSR count). The van der Waals surface area contributed by atoms with Crippen LogP contribution in [0.4, 0.5) is 0 Å². The predicted octanol–water partition coefficient (Wildman–Crippen LogP) is -0.569. The second-order valence-electron chi connectivity index (χ2n) is 4.63. The molecule has 0 bridgehead atoms. The standard InChI is InChI=1S/C10H17N5O3S2/c1-3-15-10(11-12-13-15)19-6-9(16)14(2)8-4-5-20(17,18)7-8/h8H,3-7H2,1-2H3/t8-/m1/s1. The van der Waals surface area contributed by atoms with Gasteiger partial charge in [-0.1, -0.05) is 11.8 Å². The van der Waals surface area contributed by atoms with Gasteiger partial charge in [-0.2, -0.15) is 0 Å². The first-order valence-electron chi connectivity index (χ1n) is 6.28. The van der Waals surface area contributed by atoms with Gasteiger partial charge in [0.1, 0.15) is 0 Å². The summed E-state index contributed by atoms with van der Waals surface area (Å²) in [6.07, 6.45) is 0.516. The summed E-state index contributed by atoms with van der Waals surface area (Å²) in [7, 11) is -1.33. The van der Waals surface area contributed by atoms with Crippen molar-refractivity contribution in [2.45, 2.75) is 31.1 Å². The molecule has 1 aromatic heterocycles. The zero-order valence-corrected chi connectivity index (χ0v) is 13.0.